The summed E-state index contributed by atoms with van der Waals surface area (Å²) in [5, 5.41) is 94.3. The Bertz CT molecular complexity index is 6070. The average Bonchev–Trinajstić information content (AvgIpc) is 1.60. The van der Waals surface area contributed by atoms with Gasteiger partial charge in [-0.3, -0.25) is 38.4 Å². The van der Waals surface area contributed by atoms with E-state index in [1.54, 1.807) is 18.2 Å². The molecule has 800 valence electrons. The molecule has 0 radical (unpaired) electrons. The number of rotatable bonds is 46. The van der Waals surface area contributed by atoms with Gasteiger partial charge in [0.25, 0.3) is 5.91 Å². The number of H-pyrrole nitrogens is 1. The van der Waals surface area contributed by atoms with Crippen LogP contribution in [0.3, 0.4) is 0 Å². The number of hydrogen-bond acceptors (Lipinski definition) is 26. The summed E-state index contributed by atoms with van der Waals surface area (Å²) >= 11 is 0. The van der Waals surface area contributed by atoms with Crippen molar-refractivity contribution in [3.63, 3.8) is 0 Å². The molecular weight excluding hydrogens is 1900 g/mol. The Hall–Kier alpha value is -10.3. The van der Waals surface area contributed by atoms with Crippen molar-refractivity contribution in [3.05, 3.63) is 264 Å². The number of para-hydroxylation sites is 1. The summed E-state index contributed by atoms with van der Waals surface area (Å²) in [7, 11) is 9.34. The first-order valence-corrected chi connectivity index (χ1v) is 51.3. The first-order chi connectivity index (χ1) is 70.1. The number of aromatic amines is 1. The lowest BCUT2D eigenvalue weighted by atomic mass is 9.72. The summed E-state index contributed by atoms with van der Waals surface area (Å²) in [6, 6.07) is 70.2. The summed E-state index contributed by atoms with van der Waals surface area (Å²) in [6.45, 7) is 19.6. The van der Waals surface area contributed by atoms with Crippen molar-refractivity contribution < 1.29 is 103 Å². The second-order valence-electron chi connectivity index (χ2n) is 43.1. The van der Waals surface area contributed by atoms with Gasteiger partial charge < -0.3 is 106 Å². The topological polar surface area (TPSA) is 453 Å². The van der Waals surface area contributed by atoms with Crippen molar-refractivity contribution in [1.29, 1.82) is 0 Å². The minimum absolute atomic E-state index is 0. The smallest absolute Gasteiger partial charge is 0.252 e. The molecule has 1 aromatic heterocycles. The fraction of sp³-hybridized carbons (Fsp3) is 0.492. The molecule has 1 saturated carbocycles. The SMILES string of the molecule is CNC(C)(C)[C@@H](CC1CCCCC1)C(=O)[C@@]1(CO)CO1.CNC(C)(C)[C@@H](Cc1c[nH]c2ccccc12)C(=O)[C@@]1(CO)CO1.CNC(C)(C)[C@@H](Cc1ccc2ccccc2c1)C(=O)[C@@]1(CO)CO1.CNC(C)(C)[C@@H](Cc1cccc2ccccc12)C(=O)[C@@]1(CO)CO1.CNC(C)(C)[C@@H](Cc1ccccc1)C(=O)[C@@]1(CO)CO1.O=C(N[C@@H](CO)C(=O)N[C@@H](Cc1ccccc1)C(=O)[C@@]1(CO)CO1)c1cccc(-c2ccccc2)c1.P. The zero-order valence-electron chi connectivity index (χ0n) is 88.6. The molecule has 7 aliphatic rings. The summed E-state index contributed by atoms with van der Waals surface area (Å²) in [4.78, 5) is 107. The van der Waals surface area contributed by atoms with Gasteiger partial charge in [-0.05, 0) is 228 Å². The molecule has 17 rings (SSSR count). The second kappa shape index (κ2) is 51.2. The molecule has 2 amide bonds. The number of fused-ring (bicyclic) bond motifs is 3. The van der Waals surface area contributed by atoms with E-state index >= 15 is 0 Å². The van der Waals surface area contributed by atoms with Crippen LogP contribution in [0.4, 0.5) is 0 Å². The Morgan fingerprint density at radius 1 is 0.338 bits per heavy atom. The minimum atomic E-state index is -1.33. The number of aromatic nitrogens is 1. The first kappa shape index (κ1) is 118. The third kappa shape index (κ3) is 28.9. The summed E-state index contributed by atoms with van der Waals surface area (Å²) in [5.74, 6) is -2.25. The fourth-order valence-corrected chi connectivity index (χ4v) is 19.3. The number of carbonyl (C=O) groups excluding carboxylic acids is 8. The van der Waals surface area contributed by atoms with Crippen LogP contribution in [0.5, 0.6) is 0 Å². The Balaban J connectivity index is 0.000000171. The largest absolute Gasteiger partial charge is 0.394 e. The third-order valence-corrected chi connectivity index (χ3v) is 31.5. The fourth-order valence-electron chi connectivity index (χ4n) is 19.3. The lowest BCUT2D eigenvalue weighted by molar-refractivity contribution is -0.133. The van der Waals surface area contributed by atoms with Gasteiger partial charge in [-0.15, -0.1) is 0 Å². The molecule has 6 aliphatic heterocycles. The molecule has 0 spiro atoms. The third-order valence-electron chi connectivity index (χ3n) is 31.5. The lowest BCUT2D eigenvalue weighted by Gasteiger charge is -2.37. The van der Waals surface area contributed by atoms with E-state index in [4.69, 9.17) is 28.4 Å². The maximum atomic E-state index is 13.1. The number of amides is 2. The van der Waals surface area contributed by atoms with Crippen LogP contribution in [0.2, 0.25) is 0 Å². The van der Waals surface area contributed by atoms with Gasteiger partial charge >= 0.3 is 0 Å². The molecule has 1 unspecified atom stereocenters. The van der Waals surface area contributed by atoms with E-state index in [2.05, 4.69) is 117 Å². The Labute approximate surface area is 873 Å². The minimum Gasteiger partial charge on any atom is -0.394 e. The number of carbonyl (C=O) groups is 8. The number of aliphatic hydroxyl groups excluding tert-OH is 7. The van der Waals surface area contributed by atoms with Crippen LogP contribution in [-0.2, 0) is 94.1 Å². The number of benzene rings is 9. The molecule has 6 saturated heterocycles. The van der Waals surface area contributed by atoms with E-state index in [0.29, 0.717) is 70.2 Å². The van der Waals surface area contributed by atoms with Crippen molar-refractivity contribution in [2.75, 3.05) is 121 Å². The average molecular weight is 2050 g/mol. The van der Waals surface area contributed by atoms with E-state index in [-0.39, 0.29) is 126 Å². The highest BCUT2D eigenvalue weighted by Crippen LogP contribution is 2.44. The van der Waals surface area contributed by atoms with E-state index in [1.807, 2.05) is 242 Å². The molecule has 10 aromatic rings. The summed E-state index contributed by atoms with van der Waals surface area (Å²) in [6.07, 6.45) is 11.9. The molecule has 7 fully saturated rings. The van der Waals surface area contributed by atoms with Gasteiger partial charge in [0.15, 0.2) is 68.3 Å². The number of aliphatic hydroxyl groups is 7. The molecule has 14 atom stereocenters. The van der Waals surface area contributed by atoms with Crippen LogP contribution < -0.4 is 37.2 Å². The standard InChI is InChI=1S/C28H28N2O6.2C20H25NO3.C18H24N2O3.C16H29NO3.C16H23NO3.H3P/c31-16-24(30-26(34)22-13-7-12-21(15-22)20-10-5-2-6-11-20)27(35)29-23(14-19-8-3-1-4-9-19)25(33)28(17-32)18-36-28;1-19(2,21-3)17(18(23)20(12-22)13-24-20)11-15-9-6-8-14-7-4-5-10-16(14)15;1-19(2,21-3)17(18(23)20(12-22)13-24-20)11-14-8-9-15-6-4-5-7-16(15)10-14;1-17(2,19-3)14(16(22)18(10-21)11-23-18)8-12-9-20-15-7-5-4-6-13(12)15;2*1-15(2,17-3)13(9-12-7-5-4-6-8-12)14(19)16(10-18)11-20-16;/h1-13,15,23-24,31-32H,14,16-18H2,(H,29,35)(H,30,34);2*4-10,17,21-22H,11-13H2,1-3H3;4-7,9,14,19-21H,8,10-11H2,1-3H3;12-13,17-18H,4-11H2,1-3H3;4-8,13,17-18H,9-11H2,1-3H3;1H3/t23-,24-,28+;2*17-,20+;14-,18+;2*13-,16+;/m000000./s1. The van der Waals surface area contributed by atoms with Gasteiger partial charge in [-0.25, -0.2) is 0 Å². The van der Waals surface area contributed by atoms with Crippen molar-refractivity contribution in [2.45, 2.75) is 213 Å². The van der Waals surface area contributed by atoms with Crippen LogP contribution in [0, 0.1) is 35.5 Å². The van der Waals surface area contributed by atoms with Gasteiger partial charge in [0.05, 0.1) is 91.9 Å². The van der Waals surface area contributed by atoms with Crippen LogP contribution in [0.1, 0.15) is 146 Å². The predicted octanol–water partition coefficient (Wildman–Crippen LogP) is 10.9. The number of hydrogen-bond donors (Lipinski definition) is 15. The van der Waals surface area contributed by atoms with E-state index in [0.717, 1.165) is 56.3 Å². The van der Waals surface area contributed by atoms with Gasteiger partial charge in [-0.2, -0.15) is 9.90 Å². The molecule has 0 bridgehead atoms. The van der Waals surface area contributed by atoms with Crippen LogP contribution >= 0.6 is 9.90 Å². The molecule has 148 heavy (non-hydrogen) atoms. The number of ether oxygens (including phenoxy) is 6. The van der Waals surface area contributed by atoms with Gasteiger partial charge in [-0.1, -0.05) is 238 Å². The Morgan fingerprint density at radius 3 is 1.14 bits per heavy atom. The maximum Gasteiger partial charge on any atom is 0.252 e. The van der Waals surface area contributed by atoms with Crippen LogP contribution in [-0.4, -0.2) is 282 Å². The maximum absolute atomic E-state index is 13.1. The number of nitrogens with one attached hydrogen (secondary N) is 8. The highest BCUT2D eigenvalue weighted by Gasteiger charge is 2.61. The van der Waals surface area contributed by atoms with E-state index in [9.17, 15) is 74.1 Å². The van der Waals surface area contributed by atoms with Crippen molar-refractivity contribution >= 4 is 88.9 Å². The van der Waals surface area contributed by atoms with Crippen molar-refractivity contribution in [1.82, 2.24) is 42.2 Å². The Kier molecular flexibility index (Phi) is 40.8. The Morgan fingerprint density at radius 2 is 0.696 bits per heavy atom. The predicted molar refractivity (Wildman–Crippen MR) is 580 cm³/mol. The van der Waals surface area contributed by atoms with Gasteiger partial charge in [0, 0.05) is 79.9 Å². The van der Waals surface area contributed by atoms with Gasteiger partial charge in [0.1, 0.15) is 6.04 Å². The van der Waals surface area contributed by atoms with E-state index in [1.165, 1.54) is 53.6 Å². The molecule has 7 heterocycles. The number of Topliss-reactive ketones (excluding diaryl/α,β-unsaturated/α-hetero) is 6. The van der Waals surface area contributed by atoms with Crippen molar-refractivity contribution in [2.24, 2.45) is 35.5 Å². The first-order valence-electron chi connectivity index (χ1n) is 51.3. The molecule has 15 N–H and O–H groups in total. The zero-order valence-corrected chi connectivity index (χ0v) is 90.0. The molecule has 1 aliphatic carbocycles. The van der Waals surface area contributed by atoms with Crippen molar-refractivity contribution in [3.8, 4) is 11.1 Å². The summed E-state index contributed by atoms with van der Waals surface area (Å²) < 4.78 is 31.7. The number of ketones is 6. The highest BCUT2D eigenvalue weighted by atomic mass is 31.0. The summed E-state index contributed by atoms with van der Waals surface area (Å²) in [5.41, 5.74) is 0.450. The quantitative estimate of drug-likeness (QED) is 0.0124. The lowest BCUT2D eigenvalue weighted by Crippen LogP contribution is -2.56. The molecule has 30 heteroatoms. The second-order valence-corrected chi connectivity index (χ2v) is 43.1. The van der Waals surface area contributed by atoms with E-state index < -0.39 is 93.1 Å². The highest BCUT2D eigenvalue weighted by molar-refractivity contribution is 6.92. The zero-order chi connectivity index (χ0) is 107. The molecular formula is C118H157N8O21P. The normalized spacial score (nSPS) is 22.0. The monoisotopic (exact) mass is 2050 g/mol. The molecule has 9 aromatic carbocycles. The van der Waals surface area contributed by atoms with Gasteiger partial charge in [0.2, 0.25) is 5.91 Å². The van der Waals surface area contributed by atoms with Crippen LogP contribution in [0.25, 0.3) is 43.6 Å². The molecule has 29 nitrogen and oxygen atoms in total. The van der Waals surface area contributed by atoms with Crippen LogP contribution in [0.15, 0.2) is 231 Å². The number of epoxide rings is 6.